The molecular weight excluding hydrogens is 527 g/mol. The number of pyridine rings is 1. The standard InChI is InChI=1S/C28H26F3N5O4/c1-15(17-4-3-5-20(10-17)40-28(29,30)31)34-25(37)22-11-19(14-33-27(22)39-2)18-8-9-21-23(12-18)35-36-24(21)26(38)32-13-16-6-7-16/h3-5,8-12,14-16H,6-7,13H2,1-2H3,(H,32,38)(H,34,37)(H,35,36)/i2D3. The minimum absolute atomic E-state index is 0.215. The van der Waals surface area contributed by atoms with Crippen molar-refractivity contribution in [2.24, 2.45) is 5.92 Å². The fourth-order valence-electron chi connectivity index (χ4n) is 4.21. The van der Waals surface area contributed by atoms with Crippen LogP contribution in [0, 0.1) is 5.92 Å². The summed E-state index contributed by atoms with van der Waals surface area (Å²) in [7, 11) is -2.91. The summed E-state index contributed by atoms with van der Waals surface area (Å²) < 4.78 is 69.3. The molecule has 1 atom stereocenters. The van der Waals surface area contributed by atoms with E-state index in [-0.39, 0.29) is 17.2 Å². The van der Waals surface area contributed by atoms with Gasteiger partial charge in [0.2, 0.25) is 5.88 Å². The molecule has 1 unspecified atom stereocenters. The topological polar surface area (TPSA) is 118 Å². The molecule has 1 saturated carbocycles. The van der Waals surface area contributed by atoms with E-state index in [9.17, 15) is 22.8 Å². The van der Waals surface area contributed by atoms with Crippen LogP contribution in [0.2, 0.25) is 0 Å². The molecular formula is C28H26F3N5O4. The van der Waals surface area contributed by atoms with Gasteiger partial charge >= 0.3 is 6.36 Å². The number of aromatic amines is 1. The summed E-state index contributed by atoms with van der Waals surface area (Å²) >= 11 is 0. The Morgan fingerprint density at radius 3 is 2.73 bits per heavy atom. The smallest absolute Gasteiger partial charge is 0.480 e. The molecule has 5 rings (SSSR count). The summed E-state index contributed by atoms with van der Waals surface area (Å²) in [5, 5.41) is 13.1. The Hall–Kier alpha value is -4.61. The number of ether oxygens (including phenoxy) is 2. The largest absolute Gasteiger partial charge is 0.573 e. The van der Waals surface area contributed by atoms with Crippen LogP contribution >= 0.6 is 0 Å². The van der Waals surface area contributed by atoms with E-state index >= 15 is 0 Å². The molecule has 0 aliphatic heterocycles. The van der Waals surface area contributed by atoms with Crippen LogP contribution in [0.5, 0.6) is 11.6 Å². The van der Waals surface area contributed by atoms with Gasteiger partial charge in [0.25, 0.3) is 11.8 Å². The molecule has 9 nitrogen and oxygen atoms in total. The van der Waals surface area contributed by atoms with E-state index in [2.05, 4.69) is 30.6 Å². The SMILES string of the molecule is [2H]C([2H])([2H])Oc1ncc(-c2ccc3c(C(=O)NCC4CC4)n[nH]c3c2)cc1C(=O)NC(C)c1cccc(OC(F)(F)F)c1. The number of halogens is 3. The van der Waals surface area contributed by atoms with Gasteiger partial charge in [0.15, 0.2) is 5.69 Å². The van der Waals surface area contributed by atoms with Crippen LogP contribution in [0.4, 0.5) is 13.2 Å². The third kappa shape index (κ3) is 6.16. The van der Waals surface area contributed by atoms with Crippen molar-refractivity contribution < 1.29 is 36.3 Å². The first-order valence-corrected chi connectivity index (χ1v) is 12.4. The van der Waals surface area contributed by atoms with Crippen molar-refractivity contribution in [2.45, 2.75) is 32.2 Å². The van der Waals surface area contributed by atoms with Crippen molar-refractivity contribution in [1.29, 1.82) is 0 Å². The zero-order chi connectivity index (χ0) is 30.9. The van der Waals surface area contributed by atoms with Gasteiger partial charge in [-0.3, -0.25) is 14.7 Å². The number of fused-ring (bicyclic) bond motifs is 1. The molecule has 4 aromatic rings. The number of H-pyrrole nitrogens is 1. The number of hydrogen-bond donors (Lipinski definition) is 3. The minimum Gasteiger partial charge on any atom is -0.480 e. The van der Waals surface area contributed by atoms with Gasteiger partial charge in [-0.15, -0.1) is 13.2 Å². The second-order valence-corrected chi connectivity index (χ2v) is 9.48. The number of amides is 2. The Bertz CT molecular complexity index is 1670. The number of hydrogen-bond acceptors (Lipinski definition) is 6. The van der Waals surface area contributed by atoms with Crippen LogP contribution in [0.3, 0.4) is 0 Å². The lowest BCUT2D eigenvalue weighted by Gasteiger charge is -2.17. The number of alkyl halides is 3. The molecule has 0 saturated heterocycles. The number of methoxy groups -OCH3 is 1. The van der Waals surface area contributed by atoms with Crippen LogP contribution in [-0.2, 0) is 0 Å². The first-order valence-electron chi connectivity index (χ1n) is 13.9. The van der Waals surface area contributed by atoms with Gasteiger partial charge in [0.1, 0.15) is 11.3 Å². The predicted molar refractivity (Wildman–Crippen MR) is 140 cm³/mol. The Morgan fingerprint density at radius 2 is 1.98 bits per heavy atom. The highest BCUT2D eigenvalue weighted by Crippen LogP contribution is 2.30. The molecule has 3 N–H and O–H groups in total. The number of nitrogens with zero attached hydrogens (tertiary/aromatic N) is 2. The van der Waals surface area contributed by atoms with Crippen LogP contribution in [0.1, 0.15) is 56.3 Å². The molecule has 2 aromatic heterocycles. The number of nitrogens with one attached hydrogen (secondary N) is 3. The monoisotopic (exact) mass is 556 g/mol. The molecule has 1 aliphatic carbocycles. The Labute approximate surface area is 231 Å². The fourth-order valence-corrected chi connectivity index (χ4v) is 4.21. The van der Waals surface area contributed by atoms with Gasteiger partial charge in [-0.1, -0.05) is 18.2 Å². The lowest BCUT2D eigenvalue weighted by molar-refractivity contribution is -0.274. The summed E-state index contributed by atoms with van der Waals surface area (Å²) in [5.41, 5.74) is 1.89. The molecule has 0 radical (unpaired) electrons. The lowest BCUT2D eigenvalue weighted by Crippen LogP contribution is -2.27. The Morgan fingerprint density at radius 1 is 1.15 bits per heavy atom. The predicted octanol–water partition coefficient (Wildman–Crippen LogP) is 5.16. The molecule has 2 aromatic carbocycles. The highest BCUT2D eigenvalue weighted by atomic mass is 19.4. The van der Waals surface area contributed by atoms with E-state index in [1.165, 1.54) is 31.3 Å². The van der Waals surface area contributed by atoms with Gasteiger partial charge in [-0.25, -0.2) is 4.98 Å². The number of rotatable bonds is 9. The summed E-state index contributed by atoms with van der Waals surface area (Å²) in [4.78, 5) is 30.0. The van der Waals surface area contributed by atoms with E-state index in [0.717, 1.165) is 25.0 Å². The maximum absolute atomic E-state index is 13.4. The minimum atomic E-state index is -4.89. The molecule has 2 heterocycles. The van der Waals surface area contributed by atoms with Crippen LogP contribution in [0.25, 0.3) is 22.0 Å². The van der Waals surface area contributed by atoms with E-state index in [1.807, 2.05) is 0 Å². The molecule has 1 aliphatic rings. The number of aromatic nitrogens is 3. The Kier molecular flexibility index (Phi) is 6.33. The van der Waals surface area contributed by atoms with E-state index in [4.69, 9.17) is 8.85 Å². The normalized spacial score (nSPS) is 15.4. The third-order valence-corrected chi connectivity index (χ3v) is 6.49. The quantitative estimate of drug-likeness (QED) is 0.262. The van der Waals surface area contributed by atoms with Crippen molar-refractivity contribution in [3.63, 3.8) is 0 Å². The number of carbonyl (C=O) groups excluding carboxylic acids is 2. The fraction of sp³-hybridized carbons (Fsp3) is 0.286. The van der Waals surface area contributed by atoms with Crippen molar-refractivity contribution >= 4 is 22.7 Å². The molecule has 40 heavy (non-hydrogen) atoms. The zero-order valence-corrected chi connectivity index (χ0v) is 21.1. The summed E-state index contributed by atoms with van der Waals surface area (Å²) in [6.07, 6.45) is -1.36. The molecule has 12 heteroatoms. The molecule has 208 valence electrons. The van der Waals surface area contributed by atoms with Gasteiger partial charge in [0.05, 0.1) is 22.7 Å². The molecule has 0 spiro atoms. The zero-order valence-electron chi connectivity index (χ0n) is 24.1. The summed E-state index contributed by atoms with van der Waals surface area (Å²) in [6, 6.07) is 10.8. The van der Waals surface area contributed by atoms with Crippen LogP contribution in [-0.4, -0.2) is 46.9 Å². The average molecular weight is 557 g/mol. The maximum Gasteiger partial charge on any atom is 0.573 e. The number of benzene rings is 2. The van der Waals surface area contributed by atoms with Crippen LogP contribution < -0.4 is 20.1 Å². The van der Waals surface area contributed by atoms with Crippen molar-refractivity contribution in [1.82, 2.24) is 25.8 Å². The Balaban J connectivity index is 1.41. The van der Waals surface area contributed by atoms with Crippen molar-refractivity contribution in [3.8, 4) is 22.8 Å². The van der Waals surface area contributed by atoms with Gasteiger partial charge in [0, 0.05) is 23.7 Å². The first-order chi connectivity index (χ1) is 20.3. The average Bonchev–Trinajstić information content (AvgIpc) is 3.66. The molecule has 0 bridgehead atoms. The molecule has 1 fully saturated rings. The van der Waals surface area contributed by atoms with E-state index in [0.29, 0.717) is 40.1 Å². The molecule has 2 amide bonds. The van der Waals surface area contributed by atoms with Gasteiger partial charge in [-0.2, -0.15) is 5.10 Å². The van der Waals surface area contributed by atoms with Gasteiger partial charge in [-0.05, 0) is 67.1 Å². The number of carbonyl (C=O) groups is 2. The van der Waals surface area contributed by atoms with E-state index in [1.54, 1.807) is 18.2 Å². The maximum atomic E-state index is 13.4. The highest BCUT2D eigenvalue weighted by Gasteiger charge is 2.31. The lowest BCUT2D eigenvalue weighted by atomic mass is 10.0. The summed E-state index contributed by atoms with van der Waals surface area (Å²) in [5.74, 6) is -1.48. The second-order valence-electron chi connectivity index (χ2n) is 9.48. The van der Waals surface area contributed by atoms with Crippen molar-refractivity contribution in [2.75, 3.05) is 13.6 Å². The summed E-state index contributed by atoms with van der Waals surface area (Å²) in [6.45, 7) is 2.13. The first kappa shape index (κ1) is 23.3. The van der Waals surface area contributed by atoms with Crippen molar-refractivity contribution in [3.05, 3.63) is 71.5 Å². The van der Waals surface area contributed by atoms with Gasteiger partial charge < -0.3 is 20.1 Å². The highest BCUT2D eigenvalue weighted by molar-refractivity contribution is 6.05. The second kappa shape index (κ2) is 10.9. The third-order valence-electron chi connectivity index (χ3n) is 6.49. The van der Waals surface area contributed by atoms with Crippen LogP contribution in [0.15, 0.2) is 54.7 Å². The van der Waals surface area contributed by atoms with E-state index < -0.39 is 37.0 Å².